The standard InChI is InChI=1S/C18H21N5OS2/c1-13-5-3-4-6-16(13)23-17(22-7-9-24-10-8-22)20-21-18(23)26-12-15-11-25-14(2)19-15/h3-6,11H,7-10,12H2,1-2H3. The van der Waals surface area contributed by atoms with Crippen LogP contribution < -0.4 is 4.90 Å². The first kappa shape index (κ1) is 17.5. The molecule has 3 aromatic rings. The van der Waals surface area contributed by atoms with Crippen molar-refractivity contribution in [2.24, 2.45) is 0 Å². The van der Waals surface area contributed by atoms with E-state index in [-0.39, 0.29) is 0 Å². The third kappa shape index (κ3) is 3.62. The summed E-state index contributed by atoms with van der Waals surface area (Å²) >= 11 is 3.36. The molecule has 0 atom stereocenters. The van der Waals surface area contributed by atoms with Crippen molar-refractivity contribution in [1.82, 2.24) is 19.7 Å². The second kappa shape index (κ2) is 7.77. The van der Waals surface area contributed by atoms with Crippen LogP contribution in [0.2, 0.25) is 0 Å². The van der Waals surface area contributed by atoms with E-state index in [1.54, 1.807) is 23.1 Å². The third-order valence-electron chi connectivity index (χ3n) is 4.28. The average Bonchev–Trinajstić information content (AvgIpc) is 3.27. The maximum Gasteiger partial charge on any atom is 0.232 e. The highest BCUT2D eigenvalue weighted by molar-refractivity contribution is 7.98. The maximum atomic E-state index is 5.49. The van der Waals surface area contributed by atoms with Crippen LogP contribution in [0.1, 0.15) is 16.3 Å². The summed E-state index contributed by atoms with van der Waals surface area (Å²) in [4.78, 5) is 6.81. The molecule has 0 aliphatic carbocycles. The summed E-state index contributed by atoms with van der Waals surface area (Å²) in [6.07, 6.45) is 0. The molecule has 0 unspecified atom stereocenters. The first-order valence-electron chi connectivity index (χ1n) is 8.60. The van der Waals surface area contributed by atoms with Crippen molar-refractivity contribution in [2.45, 2.75) is 24.8 Å². The normalized spacial score (nSPS) is 14.8. The van der Waals surface area contributed by atoms with Gasteiger partial charge in [-0.05, 0) is 25.5 Å². The molecule has 2 aromatic heterocycles. The zero-order valence-electron chi connectivity index (χ0n) is 14.9. The molecular formula is C18H21N5OS2. The van der Waals surface area contributed by atoms with Crippen LogP contribution in [0.15, 0.2) is 34.8 Å². The molecule has 1 fully saturated rings. The predicted molar refractivity (Wildman–Crippen MR) is 106 cm³/mol. The van der Waals surface area contributed by atoms with Crippen LogP contribution in [-0.4, -0.2) is 46.1 Å². The number of benzene rings is 1. The van der Waals surface area contributed by atoms with Gasteiger partial charge in [0.1, 0.15) is 0 Å². The van der Waals surface area contributed by atoms with Crippen LogP contribution in [0.3, 0.4) is 0 Å². The van der Waals surface area contributed by atoms with E-state index in [0.29, 0.717) is 0 Å². The van der Waals surface area contributed by atoms with Gasteiger partial charge in [-0.2, -0.15) is 0 Å². The Morgan fingerprint density at radius 3 is 2.69 bits per heavy atom. The highest BCUT2D eigenvalue weighted by Gasteiger charge is 2.22. The number of thioether (sulfide) groups is 1. The van der Waals surface area contributed by atoms with Gasteiger partial charge in [0.2, 0.25) is 5.95 Å². The van der Waals surface area contributed by atoms with Crippen LogP contribution in [-0.2, 0) is 10.5 Å². The number of morpholine rings is 1. The first-order valence-corrected chi connectivity index (χ1v) is 10.5. The van der Waals surface area contributed by atoms with E-state index >= 15 is 0 Å². The largest absolute Gasteiger partial charge is 0.378 e. The Morgan fingerprint density at radius 2 is 1.96 bits per heavy atom. The number of para-hydroxylation sites is 1. The number of ether oxygens (including phenoxy) is 1. The van der Waals surface area contributed by atoms with Crippen molar-refractivity contribution in [3.8, 4) is 5.69 Å². The van der Waals surface area contributed by atoms with Crippen LogP contribution in [0.4, 0.5) is 5.95 Å². The Kier molecular flexibility index (Phi) is 5.23. The highest BCUT2D eigenvalue weighted by atomic mass is 32.2. The number of hydrogen-bond donors (Lipinski definition) is 0. The lowest BCUT2D eigenvalue weighted by molar-refractivity contribution is 0.122. The summed E-state index contributed by atoms with van der Waals surface area (Å²) in [6, 6.07) is 8.36. The van der Waals surface area contributed by atoms with E-state index in [0.717, 1.165) is 59.5 Å². The molecule has 0 amide bonds. The van der Waals surface area contributed by atoms with Crippen LogP contribution in [0, 0.1) is 13.8 Å². The van der Waals surface area contributed by atoms with Crippen molar-refractivity contribution >= 4 is 29.0 Å². The number of aryl methyl sites for hydroxylation is 2. The molecule has 1 aliphatic heterocycles. The fourth-order valence-electron chi connectivity index (χ4n) is 2.96. The quantitative estimate of drug-likeness (QED) is 0.625. The summed E-state index contributed by atoms with van der Waals surface area (Å²) in [5.74, 6) is 1.68. The summed E-state index contributed by atoms with van der Waals surface area (Å²) < 4.78 is 7.66. The van der Waals surface area contributed by atoms with E-state index in [2.05, 4.69) is 61.2 Å². The molecule has 0 radical (unpaired) electrons. The van der Waals surface area contributed by atoms with E-state index in [1.165, 1.54) is 5.56 Å². The number of anilines is 1. The molecule has 1 aromatic carbocycles. The van der Waals surface area contributed by atoms with Crippen LogP contribution in [0.5, 0.6) is 0 Å². The van der Waals surface area contributed by atoms with Gasteiger partial charge in [0.15, 0.2) is 5.16 Å². The molecule has 0 spiro atoms. The molecular weight excluding hydrogens is 366 g/mol. The molecule has 8 heteroatoms. The second-order valence-corrected chi connectivity index (χ2v) is 8.16. The van der Waals surface area contributed by atoms with Crippen molar-refractivity contribution in [2.75, 3.05) is 31.2 Å². The van der Waals surface area contributed by atoms with E-state index in [9.17, 15) is 0 Å². The van der Waals surface area contributed by atoms with Gasteiger partial charge in [-0.3, -0.25) is 4.57 Å². The summed E-state index contributed by atoms with van der Waals surface area (Å²) in [6.45, 7) is 7.27. The van der Waals surface area contributed by atoms with Gasteiger partial charge in [-0.15, -0.1) is 21.5 Å². The van der Waals surface area contributed by atoms with Gasteiger partial charge in [0.25, 0.3) is 0 Å². The minimum atomic E-state index is 0.723. The van der Waals surface area contributed by atoms with E-state index < -0.39 is 0 Å². The molecule has 4 rings (SSSR count). The van der Waals surface area contributed by atoms with Gasteiger partial charge in [0, 0.05) is 24.2 Å². The number of nitrogens with zero attached hydrogens (tertiary/aromatic N) is 5. The van der Waals surface area contributed by atoms with E-state index in [1.807, 2.05) is 6.92 Å². The van der Waals surface area contributed by atoms with Crippen molar-refractivity contribution in [3.05, 3.63) is 45.9 Å². The molecule has 1 saturated heterocycles. The van der Waals surface area contributed by atoms with Crippen molar-refractivity contribution in [1.29, 1.82) is 0 Å². The molecule has 6 nitrogen and oxygen atoms in total. The first-order chi connectivity index (χ1) is 12.7. The Bertz CT molecular complexity index is 885. The van der Waals surface area contributed by atoms with Gasteiger partial charge in [-0.1, -0.05) is 30.0 Å². The molecule has 0 N–H and O–H groups in total. The summed E-state index contributed by atoms with van der Waals surface area (Å²) in [5.41, 5.74) is 3.41. The minimum absolute atomic E-state index is 0.723. The molecule has 0 bridgehead atoms. The monoisotopic (exact) mass is 387 g/mol. The zero-order valence-corrected chi connectivity index (χ0v) is 16.5. The van der Waals surface area contributed by atoms with Gasteiger partial charge >= 0.3 is 0 Å². The van der Waals surface area contributed by atoms with Crippen molar-refractivity contribution < 1.29 is 4.74 Å². The Balaban J connectivity index is 1.69. The molecule has 1 aliphatic rings. The van der Waals surface area contributed by atoms with Crippen LogP contribution >= 0.6 is 23.1 Å². The molecule has 26 heavy (non-hydrogen) atoms. The molecule has 3 heterocycles. The lowest BCUT2D eigenvalue weighted by Crippen LogP contribution is -2.38. The fraction of sp³-hybridized carbons (Fsp3) is 0.389. The van der Waals surface area contributed by atoms with Gasteiger partial charge in [0.05, 0.1) is 29.6 Å². The lowest BCUT2D eigenvalue weighted by atomic mass is 10.2. The van der Waals surface area contributed by atoms with Crippen LogP contribution in [0.25, 0.3) is 5.69 Å². The van der Waals surface area contributed by atoms with Gasteiger partial charge in [-0.25, -0.2) is 4.98 Å². The fourth-order valence-corrected chi connectivity index (χ4v) is 4.51. The average molecular weight is 388 g/mol. The van der Waals surface area contributed by atoms with Crippen molar-refractivity contribution in [3.63, 3.8) is 0 Å². The smallest absolute Gasteiger partial charge is 0.232 e. The number of hydrogen-bond acceptors (Lipinski definition) is 7. The zero-order chi connectivity index (χ0) is 17.9. The lowest BCUT2D eigenvalue weighted by Gasteiger charge is -2.28. The second-order valence-electron chi connectivity index (χ2n) is 6.15. The molecule has 136 valence electrons. The molecule has 0 saturated carbocycles. The number of rotatable bonds is 5. The Labute approximate surface area is 161 Å². The Morgan fingerprint density at radius 1 is 1.15 bits per heavy atom. The number of thiazole rings is 1. The third-order valence-corrected chi connectivity index (χ3v) is 6.07. The van der Waals surface area contributed by atoms with Gasteiger partial charge < -0.3 is 9.64 Å². The summed E-state index contributed by atoms with van der Waals surface area (Å²) in [7, 11) is 0. The maximum absolute atomic E-state index is 5.49. The minimum Gasteiger partial charge on any atom is -0.378 e. The SMILES string of the molecule is Cc1nc(CSc2nnc(N3CCOCC3)n2-c2ccccc2C)cs1. The van der Waals surface area contributed by atoms with E-state index in [4.69, 9.17) is 4.74 Å². The predicted octanol–water partition coefficient (Wildman–Crippen LogP) is 3.47. The number of aromatic nitrogens is 4. The summed E-state index contributed by atoms with van der Waals surface area (Å²) in [5, 5.41) is 13.1. The highest BCUT2D eigenvalue weighted by Crippen LogP contribution is 2.30. The Hall–Kier alpha value is -1.90. The topological polar surface area (TPSA) is 56.1 Å².